The first-order chi connectivity index (χ1) is 21.7. The van der Waals surface area contributed by atoms with Gasteiger partial charge in [-0.3, -0.25) is 4.98 Å². The van der Waals surface area contributed by atoms with Crippen LogP contribution in [0.3, 0.4) is 0 Å². The van der Waals surface area contributed by atoms with Gasteiger partial charge in [0.25, 0.3) is 0 Å². The summed E-state index contributed by atoms with van der Waals surface area (Å²) in [6.07, 6.45) is 9.05. The molecule has 0 aliphatic heterocycles. The summed E-state index contributed by atoms with van der Waals surface area (Å²) in [6, 6.07) is 40.5. The molecule has 0 fully saturated rings. The van der Waals surface area contributed by atoms with Crippen LogP contribution in [0.2, 0.25) is 0 Å². The summed E-state index contributed by atoms with van der Waals surface area (Å²) in [4.78, 5) is 4.92. The topological polar surface area (TPSA) is 22.8 Å². The first kappa shape index (κ1) is 26.7. The number of aromatic nitrogens is 3. The van der Waals surface area contributed by atoms with Crippen molar-refractivity contribution < 1.29 is 0 Å². The summed E-state index contributed by atoms with van der Waals surface area (Å²) < 4.78 is 4.95. The van der Waals surface area contributed by atoms with E-state index in [1.165, 1.54) is 86.1 Å². The van der Waals surface area contributed by atoms with Gasteiger partial charge in [-0.15, -0.1) is 0 Å². The number of hydrogen-bond acceptors (Lipinski definition) is 1. The fraction of sp³-hybridized carbons (Fsp3) is 0.195. The number of pyridine rings is 1. The first-order valence-electron chi connectivity index (χ1n) is 16.2. The third-order valence-corrected chi connectivity index (χ3v) is 9.27. The second-order valence-corrected chi connectivity index (χ2v) is 12.2. The van der Waals surface area contributed by atoms with E-state index in [2.05, 4.69) is 132 Å². The molecule has 0 atom stereocenters. The van der Waals surface area contributed by atoms with Crippen LogP contribution in [0.15, 0.2) is 115 Å². The van der Waals surface area contributed by atoms with Crippen LogP contribution in [0.5, 0.6) is 0 Å². The normalized spacial score (nSPS) is 12.0. The van der Waals surface area contributed by atoms with Gasteiger partial charge in [-0.2, -0.15) is 0 Å². The Morgan fingerprint density at radius 2 is 1.09 bits per heavy atom. The maximum atomic E-state index is 4.92. The van der Waals surface area contributed by atoms with Gasteiger partial charge in [-0.25, -0.2) is 0 Å². The maximum Gasteiger partial charge on any atom is 0.0789 e. The molecule has 0 saturated heterocycles. The summed E-state index contributed by atoms with van der Waals surface area (Å²) in [5.74, 6) is 0. The number of para-hydroxylation sites is 2. The van der Waals surface area contributed by atoms with Crippen molar-refractivity contribution in [3.05, 3.63) is 127 Å². The third kappa shape index (κ3) is 4.30. The molecule has 8 aromatic rings. The Bertz CT molecular complexity index is 2300. The Labute approximate surface area is 258 Å². The van der Waals surface area contributed by atoms with E-state index in [1.807, 2.05) is 6.20 Å². The van der Waals surface area contributed by atoms with Crippen LogP contribution < -0.4 is 0 Å². The van der Waals surface area contributed by atoms with Gasteiger partial charge in [0.15, 0.2) is 0 Å². The first-order valence-corrected chi connectivity index (χ1v) is 16.2. The van der Waals surface area contributed by atoms with Gasteiger partial charge in [0.2, 0.25) is 0 Å². The van der Waals surface area contributed by atoms with Crippen molar-refractivity contribution >= 4 is 54.5 Å². The van der Waals surface area contributed by atoms with Gasteiger partial charge in [-0.05, 0) is 85.3 Å². The van der Waals surface area contributed by atoms with Crippen LogP contribution in [0.25, 0.3) is 65.9 Å². The Kier molecular flexibility index (Phi) is 6.67. The number of rotatable bonds is 8. The molecule has 0 saturated carbocycles. The lowest BCUT2D eigenvalue weighted by Crippen LogP contribution is -1.99. The summed E-state index contributed by atoms with van der Waals surface area (Å²) in [5.41, 5.74) is 11.0. The number of aryl methyl sites for hydroxylation is 2. The van der Waals surface area contributed by atoms with E-state index in [1.54, 1.807) is 0 Å². The van der Waals surface area contributed by atoms with Gasteiger partial charge in [-0.1, -0.05) is 87.4 Å². The molecule has 216 valence electrons. The van der Waals surface area contributed by atoms with Crippen LogP contribution in [-0.4, -0.2) is 14.1 Å². The fourth-order valence-electron chi connectivity index (χ4n) is 7.06. The van der Waals surface area contributed by atoms with E-state index >= 15 is 0 Å². The van der Waals surface area contributed by atoms with E-state index in [9.17, 15) is 0 Å². The zero-order valence-electron chi connectivity index (χ0n) is 25.6. The standard InChI is InChI=1S/C41H37N3/c1-3-5-12-28-18-22-38-35(24-28)33-20-21-34-36-25-29(13-6-4-2)19-23-39(36)44(32-26-30-14-10-11-17-37(30)42-27-32)41(34)40(33)43(38)31-15-8-7-9-16-31/h7-11,14-27H,3-6,12-13H2,1-2H3. The zero-order valence-corrected chi connectivity index (χ0v) is 25.6. The van der Waals surface area contributed by atoms with Gasteiger partial charge < -0.3 is 9.13 Å². The lowest BCUT2D eigenvalue weighted by atomic mass is 10.0. The molecule has 3 heterocycles. The average Bonchev–Trinajstić information content (AvgIpc) is 3.59. The zero-order chi connectivity index (χ0) is 29.6. The van der Waals surface area contributed by atoms with E-state index in [0.29, 0.717) is 0 Å². The van der Waals surface area contributed by atoms with E-state index in [0.717, 1.165) is 29.4 Å². The minimum atomic E-state index is 1.02. The van der Waals surface area contributed by atoms with Crippen molar-refractivity contribution in [2.75, 3.05) is 0 Å². The number of unbranched alkanes of at least 4 members (excludes halogenated alkanes) is 2. The van der Waals surface area contributed by atoms with Crippen molar-refractivity contribution in [2.45, 2.75) is 52.4 Å². The predicted molar refractivity (Wildman–Crippen MR) is 188 cm³/mol. The summed E-state index contributed by atoms with van der Waals surface area (Å²) in [5, 5.41) is 6.34. The Morgan fingerprint density at radius 3 is 1.70 bits per heavy atom. The van der Waals surface area contributed by atoms with Crippen molar-refractivity contribution in [1.29, 1.82) is 0 Å². The van der Waals surface area contributed by atoms with Gasteiger partial charge in [0.1, 0.15) is 0 Å². The second-order valence-electron chi connectivity index (χ2n) is 12.2. The molecule has 3 heteroatoms. The molecule has 44 heavy (non-hydrogen) atoms. The molecule has 0 spiro atoms. The third-order valence-electron chi connectivity index (χ3n) is 9.27. The van der Waals surface area contributed by atoms with E-state index in [-0.39, 0.29) is 0 Å². The monoisotopic (exact) mass is 571 g/mol. The molecule has 0 bridgehead atoms. The molecule has 3 nitrogen and oxygen atoms in total. The highest BCUT2D eigenvalue weighted by Crippen LogP contribution is 2.42. The average molecular weight is 572 g/mol. The SMILES string of the molecule is CCCCc1ccc2c(c1)c1ccc3c4cc(CCCC)ccc4n(-c4cnc5ccccc5c4)c3c1n2-c1ccccc1. The highest BCUT2D eigenvalue weighted by atomic mass is 15.0. The molecule has 5 aromatic carbocycles. The van der Waals surface area contributed by atoms with Crippen LogP contribution >= 0.6 is 0 Å². The number of benzene rings is 5. The predicted octanol–water partition coefficient (Wildman–Crippen LogP) is 11.1. The van der Waals surface area contributed by atoms with Crippen molar-refractivity contribution in [3.8, 4) is 11.4 Å². The molecule has 0 radical (unpaired) electrons. The minimum absolute atomic E-state index is 1.02. The lowest BCUT2D eigenvalue weighted by Gasteiger charge is -2.13. The molecule has 0 aliphatic carbocycles. The lowest BCUT2D eigenvalue weighted by molar-refractivity contribution is 0.796. The highest BCUT2D eigenvalue weighted by Gasteiger charge is 2.22. The van der Waals surface area contributed by atoms with Gasteiger partial charge in [0.05, 0.1) is 39.5 Å². The summed E-state index contributed by atoms with van der Waals surface area (Å²) in [7, 11) is 0. The smallest absolute Gasteiger partial charge is 0.0789 e. The Balaban J connectivity index is 1.54. The van der Waals surface area contributed by atoms with Crippen molar-refractivity contribution in [1.82, 2.24) is 14.1 Å². The largest absolute Gasteiger partial charge is 0.307 e. The molecule has 0 N–H and O–H groups in total. The summed E-state index contributed by atoms with van der Waals surface area (Å²) in [6.45, 7) is 4.54. The minimum Gasteiger partial charge on any atom is -0.307 e. The van der Waals surface area contributed by atoms with Gasteiger partial charge in [0, 0.05) is 32.6 Å². The quantitative estimate of drug-likeness (QED) is 0.178. The molecular weight excluding hydrogens is 534 g/mol. The van der Waals surface area contributed by atoms with Crippen molar-refractivity contribution in [2.24, 2.45) is 0 Å². The highest BCUT2D eigenvalue weighted by molar-refractivity contribution is 6.24. The van der Waals surface area contributed by atoms with Crippen LogP contribution in [0.1, 0.15) is 50.7 Å². The molecule has 0 unspecified atom stereocenters. The maximum absolute atomic E-state index is 4.92. The van der Waals surface area contributed by atoms with Gasteiger partial charge >= 0.3 is 0 Å². The number of fused-ring (bicyclic) bond motifs is 8. The number of nitrogens with zero attached hydrogens (tertiary/aromatic N) is 3. The molecule has 0 amide bonds. The van der Waals surface area contributed by atoms with Crippen LogP contribution in [-0.2, 0) is 12.8 Å². The molecular formula is C41H37N3. The van der Waals surface area contributed by atoms with E-state index < -0.39 is 0 Å². The van der Waals surface area contributed by atoms with Crippen LogP contribution in [0.4, 0.5) is 0 Å². The second kappa shape index (κ2) is 11.0. The molecule has 0 aliphatic rings. The number of hydrogen-bond donors (Lipinski definition) is 0. The Morgan fingerprint density at radius 1 is 0.523 bits per heavy atom. The van der Waals surface area contributed by atoms with Crippen LogP contribution in [0, 0.1) is 0 Å². The van der Waals surface area contributed by atoms with Crippen molar-refractivity contribution in [3.63, 3.8) is 0 Å². The summed E-state index contributed by atoms with van der Waals surface area (Å²) >= 11 is 0. The molecule has 8 rings (SSSR count). The van der Waals surface area contributed by atoms with E-state index in [4.69, 9.17) is 4.98 Å². The molecule has 3 aromatic heterocycles. The Hall–Kier alpha value is -4.89. The fourth-order valence-corrected chi connectivity index (χ4v) is 7.06.